The van der Waals surface area contributed by atoms with Gasteiger partial charge >= 0.3 is 0 Å². The summed E-state index contributed by atoms with van der Waals surface area (Å²) in [5.74, 6) is 0.943. The minimum atomic E-state index is -0.270. The van der Waals surface area contributed by atoms with Gasteiger partial charge in [-0.3, -0.25) is 4.99 Å². The summed E-state index contributed by atoms with van der Waals surface area (Å²) in [5.41, 5.74) is 2.57. The highest BCUT2D eigenvalue weighted by atomic mass is 19.1. The summed E-state index contributed by atoms with van der Waals surface area (Å²) < 4.78 is 13.9. The minimum absolute atomic E-state index is 0.224. The molecular formula is C20H26FN5. The van der Waals surface area contributed by atoms with E-state index in [0.717, 1.165) is 31.9 Å². The van der Waals surface area contributed by atoms with Crippen LogP contribution in [0.5, 0.6) is 0 Å². The molecule has 1 aromatic heterocycles. The van der Waals surface area contributed by atoms with Gasteiger partial charge in [-0.2, -0.15) is 0 Å². The number of aliphatic imine (C=N–C) groups is 1. The molecular weight excluding hydrogens is 329 g/mol. The summed E-state index contributed by atoms with van der Waals surface area (Å²) in [6, 6.07) is 11.9. The molecule has 0 bridgehead atoms. The first-order chi connectivity index (χ1) is 12.7. The summed E-state index contributed by atoms with van der Waals surface area (Å²) in [6.07, 6.45) is 3.50. The van der Waals surface area contributed by atoms with Gasteiger partial charge in [0.15, 0.2) is 17.6 Å². The van der Waals surface area contributed by atoms with Crippen LogP contribution >= 0.6 is 0 Å². The van der Waals surface area contributed by atoms with Crippen molar-refractivity contribution < 1.29 is 4.39 Å². The molecule has 26 heavy (non-hydrogen) atoms. The number of nitrogens with zero attached hydrogens (tertiary/aromatic N) is 3. The lowest BCUT2D eigenvalue weighted by Gasteiger charge is -2.20. The van der Waals surface area contributed by atoms with Gasteiger partial charge in [0, 0.05) is 38.9 Å². The first kappa shape index (κ1) is 18.2. The summed E-state index contributed by atoms with van der Waals surface area (Å²) in [7, 11) is 1.77. The molecule has 5 nitrogen and oxygen atoms in total. The van der Waals surface area contributed by atoms with E-state index in [1.54, 1.807) is 19.3 Å². The number of anilines is 1. The van der Waals surface area contributed by atoms with Gasteiger partial charge in [0.25, 0.3) is 0 Å². The van der Waals surface area contributed by atoms with Gasteiger partial charge in [0.1, 0.15) is 0 Å². The van der Waals surface area contributed by atoms with Crippen molar-refractivity contribution in [1.82, 2.24) is 15.6 Å². The molecule has 2 aromatic rings. The van der Waals surface area contributed by atoms with Gasteiger partial charge in [-0.25, -0.2) is 9.37 Å². The van der Waals surface area contributed by atoms with Gasteiger partial charge in [-0.15, -0.1) is 0 Å². The van der Waals surface area contributed by atoms with Gasteiger partial charge in [-0.05, 0) is 37.5 Å². The lowest BCUT2D eigenvalue weighted by atomic mass is 10.1. The Labute approximate surface area is 154 Å². The molecule has 1 aliphatic rings. The van der Waals surface area contributed by atoms with Crippen LogP contribution in [0.4, 0.5) is 10.2 Å². The first-order valence-electron chi connectivity index (χ1n) is 9.04. The molecule has 3 rings (SSSR count). The molecule has 6 heteroatoms. The number of rotatable bonds is 5. The maximum atomic E-state index is 13.9. The van der Waals surface area contributed by atoms with Crippen LogP contribution in [0.15, 0.2) is 47.6 Å². The number of hydrogen-bond donors (Lipinski definition) is 2. The molecule has 0 amide bonds. The van der Waals surface area contributed by atoms with E-state index in [-0.39, 0.29) is 11.9 Å². The van der Waals surface area contributed by atoms with Gasteiger partial charge in [-0.1, -0.05) is 29.8 Å². The maximum absolute atomic E-state index is 13.9. The second kappa shape index (κ2) is 8.65. The Balaban J connectivity index is 1.47. The zero-order chi connectivity index (χ0) is 18.4. The van der Waals surface area contributed by atoms with Crippen LogP contribution in [0.2, 0.25) is 0 Å². The molecule has 138 valence electrons. The number of pyridine rings is 1. The van der Waals surface area contributed by atoms with Crippen LogP contribution in [0.1, 0.15) is 17.5 Å². The normalized spacial score (nSPS) is 17.4. The monoisotopic (exact) mass is 355 g/mol. The average molecular weight is 355 g/mol. The van der Waals surface area contributed by atoms with Gasteiger partial charge < -0.3 is 15.5 Å². The number of halogens is 1. The summed E-state index contributed by atoms with van der Waals surface area (Å²) in [4.78, 5) is 10.4. The van der Waals surface area contributed by atoms with E-state index in [4.69, 9.17) is 0 Å². The molecule has 1 aliphatic heterocycles. The van der Waals surface area contributed by atoms with Crippen molar-refractivity contribution in [2.75, 3.05) is 31.6 Å². The second-order valence-corrected chi connectivity index (χ2v) is 6.62. The molecule has 1 fully saturated rings. The fraction of sp³-hybridized carbons (Fsp3) is 0.400. The fourth-order valence-corrected chi connectivity index (χ4v) is 3.15. The predicted molar refractivity (Wildman–Crippen MR) is 104 cm³/mol. The Bertz CT molecular complexity index is 744. The summed E-state index contributed by atoms with van der Waals surface area (Å²) >= 11 is 0. The van der Waals surface area contributed by atoms with Crippen LogP contribution < -0.4 is 15.5 Å². The lowest BCUT2D eigenvalue weighted by Crippen LogP contribution is -2.45. The Hall–Kier alpha value is -2.63. The third-order valence-electron chi connectivity index (χ3n) is 4.62. The molecule has 0 aliphatic carbocycles. The van der Waals surface area contributed by atoms with E-state index in [1.807, 2.05) is 4.90 Å². The number of benzene rings is 1. The minimum Gasteiger partial charge on any atom is -0.356 e. The number of nitrogens with one attached hydrogen (secondary N) is 2. The van der Waals surface area contributed by atoms with Crippen molar-refractivity contribution in [2.45, 2.75) is 25.8 Å². The lowest BCUT2D eigenvalue weighted by molar-refractivity contribution is 0.612. The van der Waals surface area contributed by atoms with Crippen LogP contribution in [-0.2, 0) is 6.42 Å². The van der Waals surface area contributed by atoms with Crippen molar-refractivity contribution in [3.05, 3.63) is 59.5 Å². The van der Waals surface area contributed by atoms with E-state index < -0.39 is 0 Å². The van der Waals surface area contributed by atoms with E-state index in [9.17, 15) is 4.39 Å². The van der Waals surface area contributed by atoms with E-state index in [1.165, 1.54) is 17.2 Å². The Morgan fingerprint density at radius 3 is 2.85 bits per heavy atom. The second-order valence-electron chi connectivity index (χ2n) is 6.62. The molecule has 0 spiro atoms. The molecule has 2 N–H and O–H groups in total. The van der Waals surface area contributed by atoms with Crippen molar-refractivity contribution in [3.63, 3.8) is 0 Å². The highest BCUT2D eigenvalue weighted by Crippen LogP contribution is 2.20. The van der Waals surface area contributed by atoms with E-state index >= 15 is 0 Å². The maximum Gasteiger partial charge on any atom is 0.191 e. The third-order valence-corrected chi connectivity index (χ3v) is 4.62. The van der Waals surface area contributed by atoms with Crippen molar-refractivity contribution in [3.8, 4) is 0 Å². The smallest absolute Gasteiger partial charge is 0.191 e. The van der Waals surface area contributed by atoms with Gasteiger partial charge in [0.05, 0.1) is 0 Å². The molecule has 2 heterocycles. The van der Waals surface area contributed by atoms with E-state index in [2.05, 4.69) is 51.8 Å². The molecule has 1 aromatic carbocycles. The average Bonchev–Trinajstić information content (AvgIpc) is 3.11. The Kier molecular flexibility index (Phi) is 6.04. The number of aryl methyl sites for hydroxylation is 1. The summed E-state index contributed by atoms with van der Waals surface area (Å²) in [6.45, 7) is 4.40. The SMILES string of the molecule is CN=C(NCCc1ccc(C)cc1)NC1CCN(c2ncccc2F)C1. The molecule has 1 saturated heterocycles. The number of aromatic nitrogens is 1. The first-order valence-corrected chi connectivity index (χ1v) is 9.04. The highest BCUT2D eigenvalue weighted by molar-refractivity contribution is 5.80. The zero-order valence-electron chi connectivity index (χ0n) is 15.4. The topological polar surface area (TPSA) is 52.6 Å². The van der Waals surface area contributed by atoms with Crippen molar-refractivity contribution >= 4 is 11.8 Å². The quantitative estimate of drug-likeness (QED) is 0.639. The molecule has 1 unspecified atom stereocenters. The summed E-state index contributed by atoms with van der Waals surface area (Å²) in [5, 5.41) is 6.78. The van der Waals surface area contributed by atoms with Crippen molar-refractivity contribution in [2.24, 2.45) is 4.99 Å². The predicted octanol–water partition coefficient (Wildman–Crippen LogP) is 2.52. The highest BCUT2D eigenvalue weighted by Gasteiger charge is 2.25. The Morgan fingerprint density at radius 2 is 2.12 bits per heavy atom. The van der Waals surface area contributed by atoms with Crippen LogP contribution in [-0.4, -0.2) is 43.7 Å². The largest absolute Gasteiger partial charge is 0.356 e. The number of guanidine groups is 1. The third kappa shape index (κ3) is 4.71. The zero-order valence-corrected chi connectivity index (χ0v) is 15.4. The molecule has 0 radical (unpaired) electrons. The Morgan fingerprint density at radius 1 is 1.31 bits per heavy atom. The number of hydrogen-bond acceptors (Lipinski definition) is 3. The molecule has 0 saturated carbocycles. The van der Waals surface area contributed by atoms with Gasteiger partial charge in [0.2, 0.25) is 0 Å². The van der Waals surface area contributed by atoms with Crippen LogP contribution in [0.25, 0.3) is 0 Å². The van der Waals surface area contributed by atoms with Crippen molar-refractivity contribution in [1.29, 1.82) is 0 Å². The van der Waals surface area contributed by atoms with Crippen LogP contribution in [0.3, 0.4) is 0 Å². The standard InChI is InChI=1S/C20H26FN5/c1-15-5-7-16(8-6-15)9-12-24-20(22-2)25-17-10-13-26(14-17)19-18(21)4-3-11-23-19/h3-8,11,17H,9-10,12-14H2,1-2H3,(H2,22,24,25). The fourth-order valence-electron chi connectivity index (χ4n) is 3.15. The molecule has 1 atom stereocenters. The van der Waals surface area contributed by atoms with E-state index in [0.29, 0.717) is 12.4 Å². The van der Waals surface area contributed by atoms with Crippen LogP contribution in [0, 0.1) is 12.7 Å².